The fourth-order valence-electron chi connectivity index (χ4n) is 4.83. The molecule has 0 bridgehead atoms. The van der Waals surface area contributed by atoms with Crippen LogP contribution in [0.3, 0.4) is 0 Å². The summed E-state index contributed by atoms with van der Waals surface area (Å²) in [6.45, 7) is 9.45. The van der Waals surface area contributed by atoms with Crippen molar-refractivity contribution in [2.75, 3.05) is 24.6 Å². The van der Waals surface area contributed by atoms with E-state index < -0.39 is 7.26 Å². The first-order valence-electron chi connectivity index (χ1n) is 13.6. The van der Waals surface area contributed by atoms with Crippen LogP contribution in [-0.2, 0) is 0 Å². The van der Waals surface area contributed by atoms with E-state index in [1.165, 1.54) is 103 Å². The van der Waals surface area contributed by atoms with Crippen LogP contribution in [0.1, 0.15) is 150 Å². The molecule has 0 aromatic rings. The van der Waals surface area contributed by atoms with E-state index in [0.29, 0.717) is 0 Å². The highest BCUT2D eigenvalue weighted by Crippen LogP contribution is 2.61. The maximum absolute atomic E-state index is 2.46. The first-order valence-corrected chi connectivity index (χ1v) is 16.1. The van der Waals surface area contributed by atoms with Crippen molar-refractivity contribution in [1.29, 1.82) is 0 Å². The van der Waals surface area contributed by atoms with Crippen molar-refractivity contribution < 1.29 is 0 Å². The number of rotatable bonds is 23. The second-order valence-corrected chi connectivity index (χ2v) is 14.0. The lowest BCUT2D eigenvalue weighted by molar-refractivity contribution is 0.615. The van der Waals surface area contributed by atoms with Crippen LogP contribution in [0, 0.1) is 0 Å². The summed E-state index contributed by atoms with van der Waals surface area (Å²) in [5.41, 5.74) is 0. The van der Waals surface area contributed by atoms with Crippen LogP contribution < -0.4 is 0 Å². The highest BCUT2D eigenvalue weighted by molar-refractivity contribution is 7.75. The monoisotopic (exact) mass is 413 g/mol. The van der Waals surface area contributed by atoms with Gasteiger partial charge in [-0.2, -0.15) is 0 Å². The third-order valence-electron chi connectivity index (χ3n) is 6.66. The summed E-state index contributed by atoms with van der Waals surface area (Å²) in [5.74, 6) is 0. The fourth-order valence-corrected chi connectivity index (χ4v) is 9.80. The van der Waals surface area contributed by atoms with E-state index in [-0.39, 0.29) is 0 Å². The van der Waals surface area contributed by atoms with Crippen LogP contribution in [0.2, 0.25) is 0 Å². The van der Waals surface area contributed by atoms with E-state index in [4.69, 9.17) is 0 Å². The van der Waals surface area contributed by atoms with Gasteiger partial charge in [-0.3, -0.25) is 0 Å². The highest BCUT2D eigenvalue weighted by atomic mass is 31.2. The van der Waals surface area contributed by atoms with Crippen molar-refractivity contribution in [3.05, 3.63) is 0 Å². The summed E-state index contributed by atoms with van der Waals surface area (Å²) >= 11 is 0. The Labute approximate surface area is 181 Å². The number of hydrogen-bond donors (Lipinski definition) is 0. The molecule has 0 spiro atoms. The summed E-state index contributed by atoms with van der Waals surface area (Å²) in [4.78, 5) is 0. The Bertz CT molecular complexity index is 245. The summed E-state index contributed by atoms with van der Waals surface area (Å²) in [7, 11) is -0.663. The maximum atomic E-state index is 2.46. The third kappa shape index (κ3) is 17.3. The lowest BCUT2D eigenvalue weighted by atomic mass is 10.1. The fraction of sp³-hybridized carbons (Fsp3) is 1.00. The van der Waals surface area contributed by atoms with Gasteiger partial charge in [-0.1, -0.05) is 105 Å². The van der Waals surface area contributed by atoms with Crippen molar-refractivity contribution in [3.63, 3.8) is 0 Å². The minimum absolute atomic E-state index is 0.663. The number of unbranched alkanes of at least 4 members (excludes halogenated alkanes) is 15. The van der Waals surface area contributed by atoms with Crippen molar-refractivity contribution in [1.82, 2.24) is 0 Å². The molecule has 0 rings (SSSR count). The van der Waals surface area contributed by atoms with Gasteiger partial charge in [0.25, 0.3) is 0 Å². The van der Waals surface area contributed by atoms with E-state index in [1.807, 2.05) is 0 Å². The lowest BCUT2D eigenvalue weighted by Gasteiger charge is -2.28. The number of hydrogen-bond acceptors (Lipinski definition) is 0. The average molecular weight is 414 g/mol. The van der Waals surface area contributed by atoms with Crippen molar-refractivity contribution in [2.45, 2.75) is 150 Å². The van der Waals surface area contributed by atoms with E-state index >= 15 is 0 Å². The van der Waals surface area contributed by atoms with Gasteiger partial charge in [-0.15, -0.1) is 0 Å². The molecule has 0 fully saturated rings. The Hall–Kier alpha value is 0.430. The minimum Gasteiger partial charge on any atom is -0.0654 e. The lowest BCUT2D eigenvalue weighted by Crippen LogP contribution is -2.13. The SMILES string of the molecule is CCCCCCCC[P+](CCC)(CCCCCCCC)CCCCCCCC. The van der Waals surface area contributed by atoms with Crippen molar-refractivity contribution >= 4 is 7.26 Å². The molecule has 0 saturated heterocycles. The maximum Gasteiger partial charge on any atom is 0.0594 e. The predicted molar refractivity (Wildman–Crippen MR) is 137 cm³/mol. The molecule has 0 N–H and O–H groups in total. The molecule has 0 aliphatic carbocycles. The topological polar surface area (TPSA) is 0 Å². The molecule has 0 aliphatic rings. The third-order valence-corrected chi connectivity index (χ3v) is 11.8. The van der Waals surface area contributed by atoms with E-state index in [1.54, 1.807) is 43.9 Å². The van der Waals surface area contributed by atoms with Gasteiger partial charge in [0.1, 0.15) is 0 Å². The molecular weight excluding hydrogens is 355 g/mol. The molecule has 0 radical (unpaired) electrons. The largest absolute Gasteiger partial charge is 0.0654 e. The first kappa shape index (κ1) is 28.4. The standard InChI is InChI=1S/C27H58P/c1-5-9-12-15-18-21-25-28(24-8-4,26-22-19-16-13-10-6-2)27-23-20-17-14-11-7-3/h5-27H2,1-4H3/q+1. The van der Waals surface area contributed by atoms with Gasteiger partial charge in [0.05, 0.1) is 24.6 Å². The Kier molecular flexibility index (Phi) is 22.5. The Morgan fingerprint density at radius 3 is 0.857 bits per heavy atom. The van der Waals surface area contributed by atoms with Crippen LogP contribution in [0.25, 0.3) is 0 Å². The molecule has 0 unspecified atom stereocenters. The van der Waals surface area contributed by atoms with Crippen LogP contribution in [0.15, 0.2) is 0 Å². The zero-order valence-electron chi connectivity index (χ0n) is 20.7. The molecule has 0 saturated carbocycles. The molecule has 1 heteroatoms. The molecule has 0 heterocycles. The molecular formula is C27H58P+. The van der Waals surface area contributed by atoms with E-state index in [0.717, 1.165) is 0 Å². The second kappa shape index (κ2) is 22.1. The Morgan fingerprint density at radius 1 is 0.286 bits per heavy atom. The van der Waals surface area contributed by atoms with Gasteiger partial charge in [-0.25, -0.2) is 0 Å². The van der Waals surface area contributed by atoms with Gasteiger partial charge in [0.15, 0.2) is 0 Å². The van der Waals surface area contributed by atoms with Crippen LogP contribution in [0.4, 0.5) is 0 Å². The van der Waals surface area contributed by atoms with Crippen LogP contribution >= 0.6 is 7.26 Å². The smallest absolute Gasteiger partial charge is 0.0594 e. The van der Waals surface area contributed by atoms with Gasteiger partial charge < -0.3 is 0 Å². The van der Waals surface area contributed by atoms with Gasteiger partial charge in [-0.05, 0) is 44.9 Å². The highest BCUT2D eigenvalue weighted by Gasteiger charge is 2.34. The molecule has 0 aromatic heterocycles. The summed E-state index contributed by atoms with van der Waals surface area (Å²) in [5, 5.41) is 0. The summed E-state index contributed by atoms with van der Waals surface area (Å²) in [6, 6.07) is 0. The molecule has 0 nitrogen and oxygen atoms in total. The van der Waals surface area contributed by atoms with Gasteiger partial charge >= 0.3 is 0 Å². The van der Waals surface area contributed by atoms with Gasteiger partial charge in [0, 0.05) is 7.26 Å². The summed E-state index contributed by atoms with van der Waals surface area (Å²) in [6.07, 6.45) is 34.5. The molecule has 0 aromatic carbocycles. The van der Waals surface area contributed by atoms with Crippen LogP contribution in [-0.4, -0.2) is 24.6 Å². The second-order valence-electron chi connectivity index (χ2n) is 9.54. The molecule has 170 valence electrons. The van der Waals surface area contributed by atoms with Gasteiger partial charge in [0.2, 0.25) is 0 Å². The first-order chi connectivity index (χ1) is 13.7. The quantitative estimate of drug-likeness (QED) is 0.115. The zero-order chi connectivity index (χ0) is 20.8. The summed E-state index contributed by atoms with van der Waals surface area (Å²) < 4.78 is 0. The Morgan fingerprint density at radius 2 is 0.571 bits per heavy atom. The van der Waals surface area contributed by atoms with E-state index in [9.17, 15) is 0 Å². The average Bonchev–Trinajstić information content (AvgIpc) is 2.70. The zero-order valence-corrected chi connectivity index (χ0v) is 21.6. The van der Waals surface area contributed by atoms with Crippen molar-refractivity contribution in [2.24, 2.45) is 0 Å². The molecule has 0 atom stereocenters. The molecule has 0 aliphatic heterocycles. The van der Waals surface area contributed by atoms with Crippen LogP contribution in [0.5, 0.6) is 0 Å². The predicted octanol–water partition coefficient (Wildman–Crippen LogP) is 10.5. The van der Waals surface area contributed by atoms with E-state index in [2.05, 4.69) is 27.7 Å². The Balaban J connectivity index is 4.39. The minimum atomic E-state index is -0.663. The molecule has 0 amide bonds. The molecule has 28 heavy (non-hydrogen) atoms. The van der Waals surface area contributed by atoms with Crippen molar-refractivity contribution in [3.8, 4) is 0 Å². The normalized spacial score (nSPS) is 12.0.